The van der Waals surface area contributed by atoms with Gasteiger partial charge in [-0.2, -0.15) is 39.5 Å². The summed E-state index contributed by atoms with van der Waals surface area (Å²) in [5.41, 5.74) is 5.21. The minimum absolute atomic E-state index is 0.0592. The molecule has 1 amide bonds. The normalized spacial score (nSPS) is 11.5. The van der Waals surface area contributed by atoms with Gasteiger partial charge in [0.25, 0.3) is 0 Å². The largest absolute Gasteiger partial charge is 0.491 e. The molecule has 246 valence electrons. The van der Waals surface area contributed by atoms with Gasteiger partial charge in [-0.25, -0.2) is 28.4 Å². The van der Waals surface area contributed by atoms with Gasteiger partial charge in [-0.1, -0.05) is 10.3 Å². The molecule has 0 saturated heterocycles. The number of aromatic nitrogens is 8. The molecule has 0 aliphatic rings. The smallest absolute Gasteiger partial charge is 0.380 e. The molecule has 4 rings (SSSR count). The van der Waals surface area contributed by atoms with Gasteiger partial charge >= 0.3 is 47.9 Å². The predicted molar refractivity (Wildman–Crippen MR) is 112 cm³/mol. The second kappa shape index (κ2) is 13.1. The van der Waals surface area contributed by atoms with Gasteiger partial charge in [-0.15, -0.1) is 0 Å². The lowest BCUT2D eigenvalue weighted by Crippen LogP contribution is -2.34. The average molecular weight is 672 g/mol. The summed E-state index contributed by atoms with van der Waals surface area (Å²) in [5, 5.41) is 21.3. The number of hydrogen-bond donors (Lipinski definition) is 2. The summed E-state index contributed by atoms with van der Waals surface area (Å²) in [7, 11) is 2.71. The van der Waals surface area contributed by atoms with Crippen LogP contribution in [-0.4, -0.2) is 76.4 Å². The second-order valence-corrected chi connectivity index (χ2v) is 7.25. The fourth-order valence-electron chi connectivity index (χ4n) is 2.13. The quantitative estimate of drug-likeness (QED) is 0.166. The summed E-state index contributed by atoms with van der Waals surface area (Å²) in [6, 6.07) is 0. The molecule has 4 aromatic rings. The molecule has 29 heteroatoms. The zero-order chi connectivity index (χ0) is 34.5. The van der Waals surface area contributed by atoms with E-state index < -0.39 is 53.7 Å². The average Bonchev–Trinajstić information content (AvgIpc) is 3.69. The Balaban J connectivity index is 0.000000243. The molecule has 4 heterocycles. The van der Waals surface area contributed by atoms with Gasteiger partial charge in [-0.05, 0) is 20.6 Å². The fraction of sp³-hybridized carbons (Fsp3) is 0.312. The highest BCUT2D eigenvalue weighted by Gasteiger charge is 2.49. The number of nitrogens with one attached hydrogen (secondary N) is 1. The predicted octanol–water partition coefficient (Wildman–Crippen LogP) is 0.110. The number of nitrogen functional groups attached to an aromatic ring is 1. The van der Waals surface area contributed by atoms with Crippen LogP contribution in [0.3, 0.4) is 0 Å². The third-order valence-electron chi connectivity index (χ3n) is 4.17. The Morgan fingerprint density at radius 2 is 1.11 bits per heavy atom. The highest BCUT2D eigenvalue weighted by molar-refractivity contribution is 5.96. The number of anilines is 2. The van der Waals surface area contributed by atoms with Crippen molar-refractivity contribution in [2.45, 2.75) is 18.5 Å². The molecular weight excluding hydrogens is 663 g/mol. The van der Waals surface area contributed by atoms with Crippen LogP contribution in [0, 0.1) is 0 Å². The van der Waals surface area contributed by atoms with Crippen molar-refractivity contribution in [2.24, 2.45) is 14.1 Å². The maximum absolute atomic E-state index is 12.1. The van der Waals surface area contributed by atoms with Crippen LogP contribution in [0.25, 0.3) is 23.0 Å². The molecule has 3 N–H and O–H groups in total. The van der Waals surface area contributed by atoms with Crippen LogP contribution in [0.2, 0.25) is 0 Å². The van der Waals surface area contributed by atoms with Crippen molar-refractivity contribution in [1.29, 1.82) is 0 Å². The zero-order valence-electron chi connectivity index (χ0n) is 21.1. The number of rotatable bonds is 3. The molecule has 0 saturated carbocycles. The molecule has 20 nitrogen and oxygen atoms in total. The van der Waals surface area contributed by atoms with Crippen molar-refractivity contribution < 1.29 is 76.9 Å². The van der Waals surface area contributed by atoms with Gasteiger partial charge in [0.15, 0.2) is 17.2 Å². The molecule has 45 heavy (non-hydrogen) atoms. The molecule has 0 spiro atoms. The Bertz CT molecular complexity index is 1750. The maximum atomic E-state index is 12.1. The van der Waals surface area contributed by atoms with E-state index in [9.17, 15) is 63.5 Å². The van der Waals surface area contributed by atoms with Gasteiger partial charge in [0.1, 0.15) is 0 Å². The van der Waals surface area contributed by atoms with Gasteiger partial charge in [-0.3, -0.25) is 28.3 Å². The molecular formula is C16H9F9N10O10. The van der Waals surface area contributed by atoms with Crippen molar-refractivity contribution in [2.75, 3.05) is 11.1 Å². The second-order valence-electron chi connectivity index (χ2n) is 7.25. The first-order valence-corrected chi connectivity index (χ1v) is 10.3. The Labute approximate surface area is 235 Å². The van der Waals surface area contributed by atoms with E-state index in [0.717, 1.165) is 9.13 Å². The van der Waals surface area contributed by atoms with Crippen molar-refractivity contribution >= 4 is 29.5 Å². The Morgan fingerprint density at radius 1 is 0.689 bits per heavy atom. The molecule has 0 unspecified atom stereocenters. The minimum atomic E-state index is -5.62. The summed E-state index contributed by atoms with van der Waals surface area (Å²) in [5.74, 6) is -10.8. The number of halogens is 9. The van der Waals surface area contributed by atoms with Crippen LogP contribution < -0.4 is 22.6 Å². The minimum Gasteiger partial charge on any atom is -0.380 e. The Hall–Kier alpha value is -6.06. The summed E-state index contributed by atoms with van der Waals surface area (Å²) < 4.78 is 125. The van der Waals surface area contributed by atoms with Crippen LogP contribution in [0.4, 0.5) is 51.1 Å². The van der Waals surface area contributed by atoms with Crippen LogP contribution in [0.1, 0.15) is 0 Å². The van der Waals surface area contributed by atoms with Crippen LogP contribution in [0.15, 0.2) is 27.9 Å². The van der Waals surface area contributed by atoms with E-state index in [1.54, 1.807) is 0 Å². The molecule has 0 radical (unpaired) electrons. The molecule has 0 aliphatic carbocycles. The monoisotopic (exact) mass is 672 g/mol. The van der Waals surface area contributed by atoms with Crippen molar-refractivity contribution in [3.8, 4) is 23.0 Å². The lowest BCUT2D eigenvalue weighted by molar-refractivity contribution is -0.221. The summed E-state index contributed by atoms with van der Waals surface area (Å²) in [6.07, 6.45) is -16.4. The standard InChI is InChI=1S/C7H4F3N5O4.C5H5N5O3.C4F6O3/c1-15-4(14-18-6(15)17)2-3(13-19-12-2)11-5(16)7(8,9)10;1-10-4(9-12-5(10)11)2-3(6)8-13-7-2;5-3(6,7)1(11)13-2(12)4(8,9)10/h1H3,(H,11,13,16);1H3,(H2,6,8);. The SMILES string of the molecule is Cn1c(-c2nonc2N)noc1=O.Cn1c(-c2nonc2NC(=O)C(F)(F)F)noc1=O.O=C(OC(=O)C(F)(F)F)C(F)(F)F. The molecule has 0 bridgehead atoms. The number of nitrogens with two attached hydrogens (primary N) is 1. The van der Waals surface area contributed by atoms with Crippen molar-refractivity contribution in [1.82, 2.24) is 40.1 Å². The number of carbonyl (C=O) groups excluding carboxylic acids is 3. The zero-order valence-corrected chi connectivity index (χ0v) is 21.1. The maximum Gasteiger partial charge on any atom is 0.491 e. The van der Waals surface area contributed by atoms with Gasteiger partial charge in [0.2, 0.25) is 17.5 Å². The highest BCUT2D eigenvalue weighted by atomic mass is 19.4. The third kappa shape index (κ3) is 8.96. The van der Waals surface area contributed by atoms with E-state index in [4.69, 9.17) is 5.73 Å². The van der Waals surface area contributed by atoms with Crippen LogP contribution in [0.5, 0.6) is 0 Å². The van der Waals surface area contributed by atoms with Crippen molar-refractivity contribution in [3.63, 3.8) is 0 Å². The van der Waals surface area contributed by atoms with E-state index >= 15 is 0 Å². The van der Waals surface area contributed by atoms with E-state index in [2.05, 4.69) is 54.0 Å². The molecule has 4 aromatic heterocycles. The summed E-state index contributed by atoms with van der Waals surface area (Å²) in [4.78, 5) is 51.9. The highest BCUT2D eigenvalue weighted by Crippen LogP contribution is 2.24. The van der Waals surface area contributed by atoms with Crippen molar-refractivity contribution in [3.05, 3.63) is 21.1 Å². The summed E-state index contributed by atoms with van der Waals surface area (Å²) >= 11 is 0. The molecule has 0 aliphatic heterocycles. The number of esters is 2. The van der Waals surface area contributed by atoms with Crippen LogP contribution >= 0.6 is 0 Å². The lowest BCUT2D eigenvalue weighted by atomic mass is 10.4. The number of nitrogens with zero attached hydrogens (tertiary/aromatic N) is 8. The van der Waals surface area contributed by atoms with E-state index in [1.807, 2.05) is 0 Å². The summed E-state index contributed by atoms with van der Waals surface area (Å²) in [6.45, 7) is 0. The topological polar surface area (TPSA) is 272 Å². The first-order chi connectivity index (χ1) is 20.6. The lowest BCUT2D eigenvalue weighted by Gasteiger charge is -2.06. The number of amides is 1. The first-order valence-electron chi connectivity index (χ1n) is 10.3. The number of ether oxygens (including phenoxy) is 1. The Morgan fingerprint density at radius 3 is 1.47 bits per heavy atom. The first kappa shape index (κ1) is 35.1. The third-order valence-corrected chi connectivity index (χ3v) is 4.17. The van der Waals surface area contributed by atoms with E-state index in [0.29, 0.717) is 0 Å². The Kier molecular flexibility index (Phi) is 10.2. The molecule has 0 atom stereocenters. The fourth-order valence-corrected chi connectivity index (χ4v) is 2.13. The number of hydrogen-bond acceptors (Lipinski definition) is 17. The van der Waals surface area contributed by atoms with E-state index in [1.165, 1.54) is 19.4 Å². The number of carbonyl (C=O) groups is 3. The van der Waals surface area contributed by atoms with Gasteiger partial charge in [0.05, 0.1) is 0 Å². The van der Waals surface area contributed by atoms with Crippen LogP contribution in [-0.2, 0) is 33.2 Å². The number of alkyl halides is 9. The van der Waals surface area contributed by atoms with Gasteiger partial charge in [0, 0.05) is 14.1 Å². The molecule has 0 fully saturated rings. The molecule has 0 aromatic carbocycles. The van der Waals surface area contributed by atoms with Gasteiger partial charge < -0.3 is 10.5 Å². The van der Waals surface area contributed by atoms with E-state index in [-0.39, 0.29) is 28.9 Å².